The van der Waals surface area contributed by atoms with Crippen molar-refractivity contribution in [2.45, 2.75) is 38.2 Å². The van der Waals surface area contributed by atoms with Gasteiger partial charge in [0, 0.05) is 17.7 Å². The Morgan fingerprint density at radius 3 is 2.45 bits per heavy atom. The molecule has 0 amide bonds. The fourth-order valence-corrected chi connectivity index (χ4v) is 2.32. The van der Waals surface area contributed by atoms with Gasteiger partial charge in [0.2, 0.25) is 0 Å². The molecule has 0 radical (unpaired) electrons. The Morgan fingerprint density at radius 1 is 1.32 bits per heavy atom. The highest BCUT2D eigenvalue weighted by atomic mass is 16.5. The Hall–Kier alpha value is -2.01. The maximum atomic E-state index is 11.4. The van der Waals surface area contributed by atoms with Crippen molar-refractivity contribution in [1.82, 2.24) is 0 Å². The lowest BCUT2D eigenvalue weighted by Gasteiger charge is -2.21. The molecule has 1 aromatic rings. The third-order valence-electron chi connectivity index (χ3n) is 3.54. The van der Waals surface area contributed by atoms with Gasteiger partial charge >= 0.3 is 5.97 Å². The highest BCUT2D eigenvalue weighted by molar-refractivity contribution is 5.82. The van der Waals surface area contributed by atoms with Gasteiger partial charge in [-0.15, -0.1) is 0 Å². The summed E-state index contributed by atoms with van der Waals surface area (Å²) in [4.78, 5) is 11.4. The Kier molecular flexibility index (Phi) is 7.46. The number of carbonyl (C=O) groups is 1. The van der Waals surface area contributed by atoms with Gasteiger partial charge in [-0.2, -0.15) is 0 Å². The Bertz CT molecular complexity index is 496. The number of hydrogen-bond donors (Lipinski definition) is 2. The van der Waals surface area contributed by atoms with Crippen LogP contribution in [-0.4, -0.2) is 31.4 Å². The second-order valence-corrected chi connectivity index (χ2v) is 5.17. The van der Waals surface area contributed by atoms with Crippen molar-refractivity contribution in [2.75, 3.05) is 14.2 Å². The van der Waals surface area contributed by atoms with Crippen molar-refractivity contribution in [3.8, 4) is 5.75 Å². The number of nitrogens with two attached hydrogens (primary N) is 1. The third-order valence-corrected chi connectivity index (χ3v) is 3.54. The first-order valence-corrected chi connectivity index (χ1v) is 7.38. The lowest BCUT2D eigenvalue weighted by atomic mass is 9.89. The number of ether oxygens (including phenoxy) is 2. The van der Waals surface area contributed by atoms with Crippen molar-refractivity contribution < 1.29 is 19.4 Å². The normalized spacial score (nSPS) is 14.3. The number of allylic oxidation sites excluding steroid dienone is 1. The molecule has 5 heteroatoms. The number of aliphatic hydroxyl groups is 1. The molecule has 1 rings (SSSR count). The van der Waals surface area contributed by atoms with Gasteiger partial charge in [-0.3, -0.25) is 0 Å². The van der Waals surface area contributed by atoms with Gasteiger partial charge in [-0.1, -0.05) is 25.5 Å². The summed E-state index contributed by atoms with van der Waals surface area (Å²) in [6, 6.07) is 7.44. The van der Waals surface area contributed by atoms with E-state index in [0.717, 1.165) is 17.7 Å². The van der Waals surface area contributed by atoms with E-state index >= 15 is 0 Å². The van der Waals surface area contributed by atoms with Crippen molar-refractivity contribution in [3.63, 3.8) is 0 Å². The summed E-state index contributed by atoms with van der Waals surface area (Å²) in [5.41, 5.74) is 7.37. The molecule has 0 aromatic heterocycles. The molecule has 0 aliphatic heterocycles. The number of aliphatic hydroxyl groups excluding tert-OH is 1. The quantitative estimate of drug-likeness (QED) is 0.569. The Morgan fingerprint density at radius 2 is 1.95 bits per heavy atom. The summed E-state index contributed by atoms with van der Waals surface area (Å²) in [5, 5.41) is 10.1. The largest absolute Gasteiger partial charge is 0.497 e. The SMILES string of the molecule is CCCC(O)C[C@H](/C(N)=C/C(=O)OC)c1ccc(OC)cc1. The van der Waals surface area contributed by atoms with E-state index in [9.17, 15) is 9.90 Å². The van der Waals surface area contributed by atoms with E-state index in [-0.39, 0.29) is 5.92 Å². The zero-order valence-electron chi connectivity index (χ0n) is 13.4. The monoisotopic (exact) mass is 307 g/mol. The van der Waals surface area contributed by atoms with Crippen LogP contribution in [0, 0.1) is 0 Å². The Labute approximate surface area is 131 Å². The second-order valence-electron chi connectivity index (χ2n) is 5.17. The van der Waals surface area contributed by atoms with Crippen LogP contribution < -0.4 is 10.5 Å². The molecule has 22 heavy (non-hydrogen) atoms. The molecule has 3 N–H and O–H groups in total. The maximum Gasteiger partial charge on any atom is 0.332 e. The van der Waals surface area contributed by atoms with Crippen LogP contribution in [0.3, 0.4) is 0 Å². The number of methoxy groups -OCH3 is 2. The molecular formula is C17H25NO4. The predicted molar refractivity (Wildman–Crippen MR) is 85.6 cm³/mol. The third kappa shape index (κ3) is 5.41. The van der Waals surface area contributed by atoms with E-state index < -0.39 is 12.1 Å². The first-order valence-electron chi connectivity index (χ1n) is 7.38. The van der Waals surface area contributed by atoms with Gasteiger partial charge in [0.1, 0.15) is 5.75 Å². The summed E-state index contributed by atoms with van der Waals surface area (Å²) >= 11 is 0. The number of esters is 1. The van der Waals surface area contributed by atoms with E-state index in [2.05, 4.69) is 4.74 Å². The minimum Gasteiger partial charge on any atom is -0.497 e. The van der Waals surface area contributed by atoms with E-state index in [4.69, 9.17) is 10.5 Å². The van der Waals surface area contributed by atoms with Crippen molar-refractivity contribution in [2.24, 2.45) is 5.73 Å². The molecule has 0 saturated heterocycles. The van der Waals surface area contributed by atoms with Gasteiger partial charge in [-0.25, -0.2) is 4.79 Å². The van der Waals surface area contributed by atoms with Crippen LogP contribution in [0.25, 0.3) is 0 Å². The zero-order valence-corrected chi connectivity index (χ0v) is 13.4. The van der Waals surface area contributed by atoms with Gasteiger partial charge in [0.25, 0.3) is 0 Å². The predicted octanol–water partition coefficient (Wildman–Crippen LogP) is 2.35. The van der Waals surface area contributed by atoms with Crippen LogP contribution in [0.2, 0.25) is 0 Å². The molecule has 122 valence electrons. The molecule has 1 unspecified atom stereocenters. The molecule has 0 saturated carbocycles. The van der Waals surface area contributed by atoms with E-state index in [1.54, 1.807) is 7.11 Å². The van der Waals surface area contributed by atoms with Crippen molar-refractivity contribution >= 4 is 5.97 Å². The van der Waals surface area contributed by atoms with Crippen LogP contribution in [0.15, 0.2) is 36.0 Å². The molecular weight excluding hydrogens is 282 g/mol. The highest BCUT2D eigenvalue weighted by Crippen LogP contribution is 2.29. The van der Waals surface area contributed by atoms with Gasteiger partial charge in [-0.05, 0) is 30.5 Å². The minimum atomic E-state index is -0.499. The van der Waals surface area contributed by atoms with Crippen LogP contribution in [0.5, 0.6) is 5.75 Å². The fourth-order valence-electron chi connectivity index (χ4n) is 2.32. The van der Waals surface area contributed by atoms with Crippen LogP contribution in [-0.2, 0) is 9.53 Å². The molecule has 0 bridgehead atoms. The summed E-state index contributed by atoms with van der Waals surface area (Å²) < 4.78 is 9.76. The topological polar surface area (TPSA) is 81.8 Å². The van der Waals surface area contributed by atoms with Gasteiger partial charge < -0.3 is 20.3 Å². The lowest BCUT2D eigenvalue weighted by molar-refractivity contribution is -0.134. The second kappa shape index (κ2) is 9.10. The zero-order chi connectivity index (χ0) is 16.5. The van der Waals surface area contributed by atoms with Gasteiger partial charge in [0.15, 0.2) is 0 Å². The first kappa shape index (κ1) is 18.0. The molecule has 0 fully saturated rings. The summed E-state index contributed by atoms with van der Waals surface area (Å²) in [6.45, 7) is 2.01. The number of rotatable bonds is 8. The first-order chi connectivity index (χ1) is 10.5. The molecule has 0 aliphatic rings. The van der Waals surface area contributed by atoms with Crippen molar-refractivity contribution in [1.29, 1.82) is 0 Å². The highest BCUT2D eigenvalue weighted by Gasteiger charge is 2.20. The average molecular weight is 307 g/mol. The van der Waals surface area contributed by atoms with E-state index in [0.29, 0.717) is 18.5 Å². The number of carbonyl (C=O) groups excluding carboxylic acids is 1. The lowest BCUT2D eigenvalue weighted by Crippen LogP contribution is -2.19. The van der Waals surface area contributed by atoms with Crippen LogP contribution in [0.1, 0.15) is 37.7 Å². The Balaban J connectivity index is 3.03. The summed E-state index contributed by atoms with van der Waals surface area (Å²) in [5.74, 6) is -0.000301. The summed E-state index contributed by atoms with van der Waals surface area (Å²) in [7, 11) is 2.91. The number of hydrogen-bond acceptors (Lipinski definition) is 5. The van der Waals surface area contributed by atoms with E-state index in [1.807, 2.05) is 31.2 Å². The fraction of sp³-hybridized carbons (Fsp3) is 0.471. The standard InChI is InChI=1S/C17H25NO4/c1-4-5-13(19)10-15(16(18)11-17(20)22-3)12-6-8-14(21-2)9-7-12/h6-9,11,13,15,19H,4-5,10,18H2,1-3H3/b16-11-/t13?,15-/m0/s1. The average Bonchev–Trinajstić information content (AvgIpc) is 2.52. The molecule has 1 aromatic carbocycles. The molecule has 2 atom stereocenters. The van der Waals surface area contributed by atoms with E-state index in [1.165, 1.54) is 13.2 Å². The molecule has 0 aliphatic carbocycles. The smallest absolute Gasteiger partial charge is 0.332 e. The van der Waals surface area contributed by atoms with Crippen LogP contribution in [0.4, 0.5) is 0 Å². The van der Waals surface area contributed by atoms with Crippen LogP contribution >= 0.6 is 0 Å². The maximum absolute atomic E-state index is 11.4. The molecule has 0 heterocycles. The minimum absolute atomic E-state index is 0.244. The summed E-state index contributed by atoms with van der Waals surface area (Å²) in [6.07, 6.45) is 2.84. The molecule has 0 spiro atoms. The molecule has 5 nitrogen and oxygen atoms in total. The number of benzene rings is 1. The van der Waals surface area contributed by atoms with Gasteiger partial charge in [0.05, 0.1) is 20.3 Å². The van der Waals surface area contributed by atoms with Crippen molar-refractivity contribution in [3.05, 3.63) is 41.6 Å².